The van der Waals surface area contributed by atoms with Gasteiger partial charge in [-0.3, -0.25) is 9.36 Å². The maximum absolute atomic E-state index is 14.2. The largest absolute Gasteiger partial charge is 0.496 e. The van der Waals surface area contributed by atoms with Crippen LogP contribution in [0.4, 0.5) is 0 Å². The number of methoxy groups -OCH3 is 1. The molecule has 2 aliphatic rings. The summed E-state index contributed by atoms with van der Waals surface area (Å²) in [5.41, 5.74) is 2.27. The topological polar surface area (TPSA) is 88.4 Å². The van der Waals surface area contributed by atoms with E-state index in [1.165, 1.54) is 11.3 Å². The number of esters is 1. The van der Waals surface area contributed by atoms with Crippen molar-refractivity contribution < 1.29 is 23.7 Å². The summed E-state index contributed by atoms with van der Waals surface area (Å²) in [6.07, 6.45) is 3.16. The third-order valence-corrected chi connectivity index (χ3v) is 8.16. The van der Waals surface area contributed by atoms with Gasteiger partial charge in [-0.25, -0.2) is 9.79 Å². The molecular weight excluding hydrogens is 540 g/mol. The van der Waals surface area contributed by atoms with Crippen molar-refractivity contribution in [3.8, 4) is 17.2 Å². The molecule has 210 valence electrons. The second-order valence-electron chi connectivity index (χ2n) is 9.72. The summed E-state index contributed by atoms with van der Waals surface area (Å²) in [6, 6.07) is 16.6. The second-order valence-corrected chi connectivity index (χ2v) is 10.7. The number of aromatic nitrogens is 1. The predicted molar refractivity (Wildman–Crippen MR) is 158 cm³/mol. The van der Waals surface area contributed by atoms with Gasteiger partial charge in [-0.2, -0.15) is 0 Å². The molecule has 2 aliphatic heterocycles. The van der Waals surface area contributed by atoms with Crippen LogP contribution >= 0.6 is 11.3 Å². The lowest BCUT2D eigenvalue weighted by Crippen LogP contribution is -2.40. The van der Waals surface area contributed by atoms with Crippen LogP contribution in [0.1, 0.15) is 43.9 Å². The Kier molecular flexibility index (Phi) is 7.36. The standard InChI is InChI=1S/C32H30N2O6S/c1-4-8-22-28(31(36)38-5-2)29(27-21-10-7-6-9-20(21)12-14-24(27)37-3)34-30(35)26(41-32(34)33-22)18-19-11-13-23-25(17-19)40-16-15-39-23/h6-7,9-14,17-18,29H,4-5,8,15-16H2,1-3H3/t29-/m1/s1. The fourth-order valence-electron chi connectivity index (χ4n) is 5.43. The number of hydrogen-bond donors (Lipinski definition) is 0. The summed E-state index contributed by atoms with van der Waals surface area (Å²) in [6.45, 7) is 4.99. The average molecular weight is 571 g/mol. The van der Waals surface area contributed by atoms with Crippen molar-refractivity contribution in [1.82, 2.24) is 4.57 Å². The number of rotatable bonds is 7. The molecular formula is C32H30N2O6S. The summed E-state index contributed by atoms with van der Waals surface area (Å²) in [5, 5.41) is 1.86. The van der Waals surface area contributed by atoms with E-state index in [0.717, 1.165) is 28.3 Å². The zero-order valence-electron chi connectivity index (χ0n) is 23.1. The molecule has 0 saturated carbocycles. The van der Waals surface area contributed by atoms with E-state index in [1.54, 1.807) is 18.6 Å². The van der Waals surface area contributed by atoms with Gasteiger partial charge in [0, 0.05) is 5.56 Å². The molecule has 9 heteroatoms. The number of ether oxygens (including phenoxy) is 4. The van der Waals surface area contributed by atoms with Gasteiger partial charge < -0.3 is 18.9 Å². The molecule has 0 bridgehead atoms. The van der Waals surface area contributed by atoms with Crippen LogP contribution in [0.2, 0.25) is 0 Å². The highest BCUT2D eigenvalue weighted by Gasteiger charge is 2.37. The molecule has 3 aromatic carbocycles. The quantitative estimate of drug-likeness (QED) is 0.304. The molecule has 1 atom stereocenters. The number of nitrogens with zero attached hydrogens (tertiary/aromatic N) is 2. The van der Waals surface area contributed by atoms with Gasteiger partial charge >= 0.3 is 5.97 Å². The zero-order valence-corrected chi connectivity index (χ0v) is 24.0. The number of carbonyl (C=O) groups excluding carboxylic acids is 1. The molecule has 6 rings (SSSR count). The smallest absolute Gasteiger partial charge is 0.338 e. The molecule has 4 aromatic rings. The van der Waals surface area contributed by atoms with Crippen LogP contribution in [0.25, 0.3) is 16.8 Å². The third-order valence-electron chi connectivity index (χ3n) is 7.18. The van der Waals surface area contributed by atoms with Crippen molar-refractivity contribution in [2.75, 3.05) is 26.9 Å². The summed E-state index contributed by atoms with van der Waals surface area (Å²) >= 11 is 1.30. The maximum Gasteiger partial charge on any atom is 0.338 e. The Morgan fingerprint density at radius 1 is 1.10 bits per heavy atom. The van der Waals surface area contributed by atoms with Crippen LogP contribution in [0.3, 0.4) is 0 Å². The Hall–Kier alpha value is -4.37. The van der Waals surface area contributed by atoms with E-state index >= 15 is 0 Å². The molecule has 0 N–H and O–H groups in total. The summed E-state index contributed by atoms with van der Waals surface area (Å²) in [4.78, 5) is 33.3. The molecule has 0 amide bonds. The summed E-state index contributed by atoms with van der Waals surface area (Å²) in [7, 11) is 1.60. The zero-order chi connectivity index (χ0) is 28.5. The Morgan fingerprint density at radius 3 is 2.68 bits per heavy atom. The van der Waals surface area contributed by atoms with Crippen molar-refractivity contribution in [2.24, 2.45) is 4.99 Å². The van der Waals surface area contributed by atoms with Crippen molar-refractivity contribution in [3.63, 3.8) is 0 Å². The lowest BCUT2D eigenvalue weighted by atomic mass is 9.90. The Morgan fingerprint density at radius 2 is 1.90 bits per heavy atom. The maximum atomic E-state index is 14.2. The van der Waals surface area contributed by atoms with Crippen molar-refractivity contribution in [3.05, 3.63) is 96.7 Å². The van der Waals surface area contributed by atoms with E-state index in [2.05, 4.69) is 0 Å². The van der Waals surface area contributed by atoms with Crippen LogP contribution in [0.15, 0.2) is 75.7 Å². The highest BCUT2D eigenvalue weighted by molar-refractivity contribution is 7.07. The molecule has 8 nitrogen and oxygen atoms in total. The minimum absolute atomic E-state index is 0.204. The number of thiazole rings is 1. The van der Waals surface area contributed by atoms with Crippen LogP contribution in [0, 0.1) is 0 Å². The molecule has 41 heavy (non-hydrogen) atoms. The van der Waals surface area contributed by atoms with Crippen LogP contribution in [-0.4, -0.2) is 37.5 Å². The number of benzene rings is 3. The molecule has 0 aliphatic carbocycles. The van der Waals surface area contributed by atoms with E-state index in [9.17, 15) is 9.59 Å². The minimum Gasteiger partial charge on any atom is -0.496 e. The van der Waals surface area contributed by atoms with E-state index in [-0.39, 0.29) is 12.2 Å². The van der Waals surface area contributed by atoms with Crippen molar-refractivity contribution in [2.45, 2.75) is 32.7 Å². The molecule has 0 fully saturated rings. The fourth-order valence-corrected chi connectivity index (χ4v) is 6.45. The first kappa shape index (κ1) is 26.8. The normalized spacial score (nSPS) is 16.4. The van der Waals surface area contributed by atoms with Gasteiger partial charge in [-0.1, -0.05) is 61.1 Å². The fraction of sp³-hybridized carbons (Fsp3) is 0.281. The van der Waals surface area contributed by atoms with E-state index < -0.39 is 12.0 Å². The highest BCUT2D eigenvalue weighted by atomic mass is 32.1. The van der Waals surface area contributed by atoms with Gasteiger partial charge in [0.25, 0.3) is 5.56 Å². The average Bonchev–Trinajstić information content (AvgIpc) is 3.30. The monoisotopic (exact) mass is 570 g/mol. The predicted octanol–water partition coefficient (Wildman–Crippen LogP) is 4.51. The van der Waals surface area contributed by atoms with Crippen LogP contribution < -0.4 is 29.1 Å². The van der Waals surface area contributed by atoms with Gasteiger partial charge in [0.2, 0.25) is 0 Å². The number of carbonyl (C=O) groups is 1. The first-order chi connectivity index (χ1) is 20.0. The molecule has 0 radical (unpaired) electrons. The first-order valence-electron chi connectivity index (χ1n) is 13.7. The lowest BCUT2D eigenvalue weighted by molar-refractivity contribution is -0.139. The SMILES string of the molecule is CCCC1=C(C(=O)OCC)[C@@H](c2c(OC)ccc3ccccc23)n2c(sc(=Cc3ccc4c(c3)OCCO4)c2=O)=N1. The first-order valence-corrected chi connectivity index (χ1v) is 14.5. The van der Waals surface area contributed by atoms with E-state index in [4.69, 9.17) is 23.9 Å². The van der Waals surface area contributed by atoms with Crippen molar-refractivity contribution >= 4 is 34.2 Å². The molecule has 3 heterocycles. The number of fused-ring (bicyclic) bond motifs is 3. The highest BCUT2D eigenvalue weighted by Crippen LogP contribution is 2.41. The molecule has 0 saturated heterocycles. The Bertz CT molecular complexity index is 1870. The number of hydrogen-bond acceptors (Lipinski definition) is 8. The molecule has 0 spiro atoms. The number of allylic oxidation sites excluding steroid dienone is 1. The van der Waals surface area contributed by atoms with Gasteiger partial charge in [-0.15, -0.1) is 0 Å². The summed E-state index contributed by atoms with van der Waals surface area (Å²) in [5.74, 6) is 1.42. The molecule has 0 unspecified atom stereocenters. The van der Waals surface area contributed by atoms with Crippen LogP contribution in [-0.2, 0) is 9.53 Å². The van der Waals surface area contributed by atoms with Gasteiger partial charge in [-0.05, 0) is 54.0 Å². The second kappa shape index (κ2) is 11.2. The summed E-state index contributed by atoms with van der Waals surface area (Å²) < 4.78 is 24.9. The Labute approximate surface area is 240 Å². The minimum atomic E-state index is -0.782. The Balaban J connectivity index is 1.64. The van der Waals surface area contributed by atoms with Gasteiger partial charge in [0.1, 0.15) is 25.0 Å². The third kappa shape index (κ3) is 4.80. The van der Waals surface area contributed by atoms with Crippen molar-refractivity contribution in [1.29, 1.82) is 0 Å². The lowest BCUT2D eigenvalue weighted by Gasteiger charge is -2.28. The van der Waals surface area contributed by atoms with E-state index in [0.29, 0.717) is 57.5 Å². The van der Waals surface area contributed by atoms with Gasteiger partial charge in [0.15, 0.2) is 16.3 Å². The molecule has 1 aromatic heterocycles. The van der Waals surface area contributed by atoms with Gasteiger partial charge in [0.05, 0.1) is 29.5 Å². The van der Waals surface area contributed by atoms with E-state index in [1.807, 2.05) is 67.6 Å². The van der Waals surface area contributed by atoms with Crippen LogP contribution in [0.5, 0.6) is 17.2 Å².